The smallest absolute Gasteiger partial charge is 0.204 e. The molecular formula is C13H8F. The Hall–Kier alpha value is -1.63. The van der Waals surface area contributed by atoms with Gasteiger partial charge in [0.1, 0.15) is 0 Å². The summed E-state index contributed by atoms with van der Waals surface area (Å²) < 4.78 is 13.8. The van der Waals surface area contributed by atoms with Crippen molar-refractivity contribution in [2.24, 2.45) is 0 Å². The van der Waals surface area contributed by atoms with Gasteiger partial charge in [0.15, 0.2) is 0 Å². The third kappa shape index (κ3) is 0.869. The molecular weight excluding hydrogens is 175 g/mol. The van der Waals surface area contributed by atoms with Gasteiger partial charge in [0, 0.05) is 11.1 Å². The lowest BCUT2D eigenvalue weighted by atomic mass is 10.1. The average molecular weight is 183 g/mol. The summed E-state index contributed by atoms with van der Waals surface area (Å²) in [5, 5.41) is 0. The van der Waals surface area contributed by atoms with Crippen LogP contribution in [0.3, 0.4) is 0 Å². The zero-order chi connectivity index (χ0) is 9.54. The summed E-state index contributed by atoms with van der Waals surface area (Å²) in [5.74, 6) is 0. The van der Waals surface area contributed by atoms with Crippen LogP contribution in [0.1, 0.15) is 11.1 Å². The van der Waals surface area contributed by atoms with Gasteiger partial charge in [0.2, 0.25) is 6.17 Å². The van der Waals surface area contributed by atoms with Gasteiger partial charge in [-0.3, -0.25) is 0 Å². The van der Waals surface area contributed by atoms with Crippen LogP contribution in [-0.2, 0) is 0 Å². The second kappa shape index (κ2) is 2.68. The molecule has 1 aliphatic carbocycles. The summed E-state index contributed by atoms with van der Waals surface area (Å²) in [7, 11) is 0. The molecule has 0 unspecified atom stereocenters. The molecule has 2 aromatic carbocycles. The van der Waals surface area contributed by atoms with Crippen molar-refractivity contribution < 1.29 is 4.39 Å². The summed E-state index contributed by atoms with van der Waals surface area (Å²) in [6.45, 7) is 0. The van der Waals surface area contributed by atoms with Crippen LogP contribution in [0, 0.1) is 6.17 Å². The van der Waals surface area contributed by atoms with Crippen molar-refractivity contribution in [2.45, 2.75) is 0 Å². The topological polar surface area (TPSA) is 0 Å². The molecule has 2 aromatic rings. The minimum absolute atomic E-state index is 0.101. The van der Waals surface area contributed by atoms with E-state index < -0.39 is 0 Å². The molecule has 3 rings (SSSR count). The van der Waals surface area contributed by atoms with E-state index in [1.165, 1.54) is 0 Å². The Morgan fingerprint density at radius 3 is 1.36 bits per heavy atom. The molecule has 14 heavy (non-hydrogen) atoms. The zero-order valence-electron chi connectivity index (χ0n) is 7.50. The summed E-state index contributed by atoms with van der Waals surface area (Å²) in [6.07, 6.45) is -0.101. The molecule has 0 atom stereocenters. The molecule has 0 saturated heterocycles. The maximum atomic E-state index is 13.8. The van der Waals surface area contributed by atoms with Crippen molar-refractivity contribution in [3.63, 3.8) is 0 Å². The van der Waals surface area contributed by atoms with E-state index in [0.29, 0.717) is 11.1 Å². The highest BCUT2D eigenvalue weighted by atomic mass is 19.1. The Bertz CT molecular complexity index is 443. The zero-order valence-corrected chi connectivity index (χ0v) is 7.50. The van der Waals surface area contributed by atoms with Crippen LogP contribution in [0.15, 0.2) is 48.5 Å². The number of hydrogen-bond donors (Lipinski definition) is 0. The predicted octanol–water partition coefficient (Wildman–Crippen LogP) is 3.56. The molecule has 0 aromatic heterocycles. The third-order valence-electron chi connectivity index (χ3n) is 2.62. The molecule has 0 heterocycles. The highest BCUT2D eigenvalue weighted by Crippen LogP contribution is 2.44. The number of hydrogen-bond acceptors (Lipinski definition) is 0. The summed E-state index contributed by atoms with van der Waals surface area (Å²) in [4.78, 5) is 0. The monoisotopic (exact) mass is 183 g/mol. The molecule has 0 fully saturated rings. The first-order valence-electron chi connectivity index (χ1n) is 4.59. The fourth-order valence-electron chi connectivity index (χ4n) is 1.96. The van der Waals surface area contributed by atoms with E-state index in [1.54, 1.807) is 0 Å². The van der Waals surface area contributed by atoms with Gasteiger partial charge in [-0.15, -0.1) is 0 Å². The van der Waals surface area contributed by atoms with E-state index >= 15 is 0 Å². The van der Waals surface area contributed by atoms with E-state index in [0.717, 1.165) is 11.1 Å². The number of benzene rings is 2. The molecule has 0 amide bonds. The molecule has 1 radical (unpaired) electrons. The van der Waals surface area contributed by atoms with Gasteiger partial charge in [0.05, 0.1) is 0 Å². The van der Waals surface area contributed by atoms with Crippen molar-refractivity contribution in [1.82, 2.24) is 0 Å². The second-order valence-electron chi connectivity index (χ2n) is 3.41. The molecule has 67 valence electrons. The van der Waals surface area contributed by atoms with Crippen molar-refractivity contribution in [3.8, 4) is 11.1 Å². The SMILES string of the molecule is F[C]1c2ccccc2-c2ccccc21. The summed E-state index contributed by atoms with van der Waals surface area (Å²) in [6, 6.07) is 15.2. The Balaban J connectivity index is 2.36. The lowest BCUT2D eigenvalue weighted by molar-refractivity contribution is 0.574. The Kier molecular flexibility index (Phi) is 1.48. The van der Waals surface area contributed by atoms with E-state index in [9.17, 15) is 4.39 Å². The number of rotatable bonds is 0. The molecule has 0 bridgehead atoms. The fraction of sp³-hybridized carbons (Fsp3) is 0. The highest BCUT2D eigenvalue weighted by molar-refractivity contribution is 5.82. The van der Waals surface area contributed by atoms with Crippen LogP contribution >= 0.6 is 0 Å². The van der Waals surface area contributed by atoms with E-state index in [4.69, 9.17) is 0 Å². The van der Waals surface area contributed by atoms with E-state index in [-0.39, 0.29) is 6.17 Å². The van der Waals surface area contributed by atoms with Crippen LogP contribution in [0.4, 0.5) is 4.39 Å². The molecule has 1 heteroatoms. The standard InChI is InChI=1S/C13H8F/c14-13-11-7-3-1-5-9(11)10-6-2-4-8-12(10)13/h1-8H. The maximum Gasteiger partial charge on any atom is 0.204 e. The molecule has 0 spiro atoms. The summed E-state index contributed by atoms with van der Waals surface area (Å²) >= 11 is 0. The molecule has 1 aliphatic rings. The van der Waals surface area contributed by atoms with Crippen molar-refractivity contribution in [1.29, 1.82) is 0 Å². The molecule has 0 nitrogen and oxygen atoms in total. The van der Waals surface area contributed by atoms with Crippen molar-refractivity contribution >= 4 is 0 Å². The highest BCUT2D eigenvalue weighted by Gasteiger charge is 2.28. The quantitative estimate of drug-likeness (QED) is 0.585. The first-order valence-corrected chi connectivity index (χ1v) is 4.59. The minimum Gasteiger partial charge on any atom is -0.229 e. The van der Waals surface area contributed by atoms with Crippen LogP contribution < -0.4 is 0 Å². The van der Waals surface area contributed by atoms with Crippen LogP contribution in [0.25, 0.3) is 11.1 Å². The van der Waals surface area contributed by atoms with Crippen molar-refractivity contribution in [3.05, 3.63) is 65.8 Å². The normalized spacial score (nSPS) is 13.8. The van der Waals surface area contributed by atoms with E-state index in [1.807, 2.05) is 48.5 Å². The maximum absolute atomic E-state index is 13.8. The third-order valence-corrected chi connectivity index (χ3v) is 2.62. The van der Waals surface area contributed by atoms with Crippen LogP contribution in [0.2, 0.25) is 0 Å². The number of halogens is 1. The van der Waals surface area contributed by atoms with Crippen LogP contribution in [-0.4, -0.2) is 0 Å². The van der Waals surface area contributed by atoms with Gasteiger partial charge in [0.25, 0.3) is 0 Å². The fourth-order valence-corrected chi connectivity index (χ4v) is 1.96. The minimum atomic E-state index is -0.101. The lowest BCUT2D eigenvalue weighted by Gasteiger charge is -1.98. The Labute approximate surface area is 82.0 Å². The first kappa shape index (κ1) is 7.74. The predicted molar refractivity (Wildman–Crippen MR) is 54.4 cm³/mol. The number of fused-ring (bicyclic) bond motifs is 3. The van der Waals surface area contributed by atoms with Gasteiger partial charge in [-0.2, -0.15) is 0 Å². The van der Waals surface area contributed by atoms with Gasteiger partial charge >= 0.3 is 0 Å². The summed E-state index contributed by atoms with van der Waals surface area (Å²) in [5.41, 5.74) is 3.43. The second-order valence-corrected chi connectivity index (χ2v) is 3.41. The van der Waals surface area contributed by atoms with Gasteiger partial charge in [-0.1, -0.05) is 48.5 Å². The largest absolute Gasteiger partial charge is 0.229 e. The van der Waals surface area contributed by atoms with Gasteiger partial charge in [-0.05, 0) is 11.1 Å². The lowest BCUT2D eigenvalue weighted by Crippen LogP contribution is -1.87. The van der Waals surface area contributed by atoms with Crippen LogP contribution in [0.5, 0.6) is 0 Å². The molecule has 0 N–H and O–H groups in total. The van der Waals surface area contributed by atoms with Gasteiger partial charge < -0.3 is 0 Å². The molecule has 0 aliphatic heterocycles. The Morgan fingerprint density at radius 1 is 0.571 bits per heavy atom. The first-order chi connectivity index (χ1) is 6.88. The molecule has 0 saturated carbocycles. The van der Waals surface area contributed by atoms with Crippen molar-refractivity contribution in [2.75, 3.05) is 0 Å². The Morgan fingerprint density at radius 2 is 0.929 bits per heavy atom. The average Bonchev–Trinajstić information content (AvgIpc) is 2.55. The van der Waals surface area contributed by atoms with Gasteiger partial charge in [-0.25, -0.2) is 4.39 Å². The van der Waals surface area contributed by atoms with E-state index in [2.05, 4.69) is 0 Å².